The molecule has 0 spiro atoms. The second-order valence-corrected chi connectivity index (χ2v) is 7.48. The van der Waals surface area contributed by atoms with Crippen LogP contribution in [0.2, 0.25) is 0 Å². The standard InChI is InChI=1S/C22H30N4O4/c1-4-6-11-26-17-10-8-7-9-15(17)16-12-18(24-13-27)25(5-2)21(20(16)26)30-22(29)19(23)14(3)28/h7-10,12-14,16,19,28H,4-6,11,23H2,1-3H3,(H,24,27)/t14-,16?,19-/m1/s1. The molecule has 0 aromatic heterocycles. The van der Waals surface area contributed by atoms with Gasteiger partial charge >= 0.3 is 5.97 Å². The first kappa shape index (κ1) is 21.9. The number of allylic oxidation sites excluding steroid dienone is 1. The second kappa shape index (κ2) is 9.32. The Labute approximate surface area is 177 Å². The summed E-state index contributed by atoms with van der Waals surface area (Å²) in [5.74, 6) is -0.0121. The molecule has 30 heavy (non-hydrogen) atoms. The summed E-state index contributed by atoms with van der Waals surface area (Å²) in [6.07, 6.45) is 3.52. The van der Waals surface area contributed by atoms with Gasteiger partial charge in [0.2, 0.25) is 12.3 Å². The molecule has 0 saturated heterocycles. The number of unbranched alkanes of at least 4 members (excludes halogenated alkanes) is 1. The number of carbonyl (C=O) groups is 2. The van der Waals surface area contributed by atoms with Crippen LogP contribution in [0.25, 0.3) is 0 Å². The molecule has 1 aromatic rings. The molecule has 8 nitrogen and oxygen atoms in total. The normalized spacial score (nSPS) is 19.6. The van der Waals surface area contributed by atoms with Crippen LogP contribution in [0, 0.1) is 0 Å². The molecule has 3 atom stereocenters. The number of benzene rings is 1. The number of hydrogen-bond acceptors (Lipinski definition) is 7. The molecule has 2 aliphatic heterocycles. The van der Waals surface area contributed by atoms with E-state index in [0.29, 0.717) is 24.7 Å². The molecular formula is C22H30N4O4. The van der Waals surface area contributed by atoms with Crippen molar-refractivity contribution >= 4 is 18.1 Å². The van der Waals surface area contributed by atoms with E-state index in [1.54, 1.807) is 4.90 Å². The Balaban J connectivity index is 2.14. The number of rotatable bonds is 9. The monoisotopic (exact) mass is 414 g/mol. The van der Waals surface area contributed by atoms with Crippen molar-refractivity contribution in [3.8, 4) is 0 Å². The first-order valence-corrected chi connectivity index (χ1v) is 10.4. The van der Waals surface area contributed by atoms with Gasteiger partial charge in [-0.2, -0.15) is 0 Å². The number of para-hydroxylation sites is 1. The van der Waals surface area contributed by atoms with Gasteiger partial charge in [0, 0.05) is 18.8 Å². The summed E-state index contributed by atoms with van der Waals surface area (Å²) in [4.78, 5) is 27.8. The minimum Gasteiger partial charge on any atom is -0.406 e. The Kier molecular flexibility index (Phi) is 6.79. The summed E-state index contributed by atoms with van der Waals surface area (Å²) in [5, 5.41) is 12.5. The number of aliphatic hydroxyl groups is 1. The van der Waals surface area contributed by atoms with Crippen LogP contribution in [0.15, 0.2) is 47.7 Å². The maximum Gasteiger partial charge on any atom is 0.332 e. The van der Waals surface area contributed by atoms with E-state index >= 15 is 0 Å². The Hall–Kier alpha value is -2.84. The maximum atomic E-state index is 12.7. The van der Waals surface area contributed by atoms with Gasteiger partial charge in [-0.1, -0.05) is 31.5 Å². The number of ether oxygens (including phenoxy) is 1. The number of aliphatic hydroxyl groups excluding tert-OH is 1. The maximum absolute atomic E-state index is 12.7. The second-order valence-electron chi connectivity index (χ2n) is 7.48. The third-order valence-corrected chi connectivity index (χ3v) is 5.48. The van der Waals surface area contributed by atoms with E-state index in [1.807, 2.05) is 37.3 Å². The highest BCUT2D eigenvalue weighted by Gasteiger charge is 2.42. The molecule has 1 aromatic carbocycles. The first-order chi connectivity index (χ1) is 14.4. The van der Waals surface area contributed by atoms with Crippen molar-refractivity contribution in [3.05, 3.63) is 53.3 Å². The number of nitrogens with two attached hydrogens (primary N) is 1. The zero-order valence-electron chi connectivity index (χ0n) is 17.7. The quantitative estimate of drug-likeness (QED) is 0.417. The first-order valence-electron chi connectivity index (χ1n) is 10.4. The number of esters is 1. The van der Waals surface area contributed by atoms with Gasteiger partial charge in [-0.25, -0.2) is 4.79 Å². The average Bonchev–Trinajstić information content (AvgIpc) is 3.05. The Morgan fingerprint density at radius 1 is 1.33 bits per heavy atom. The molecule has 1 amide bonds. The molecule has 162 valence electrons. The van der Waals surface area contributed by atoms with E-state index in [1.165, 1.54) is 6.92 Å². The van der Waals surface area contributed by atoms with Gasteiger partial charge in [0.15, 0.2) is 0 Å². The van der Waals surface area contributed by atoms with Crippen molar-refractivity contribution in [2.24, 2.45) is 5.73 Å². The minimum absolute atomic E-state index is 0.172. The smallest absolute Gasteiger partial charge is 0.332 e. The van der Waals surface area contributed by atoms with Crippen molar-refractivity contribution in [2.45, 2.75) is 51.7 Å². The van der Waals surface area contributed by atoms with Gasteiger partial charge in [0.05, 0.1) is 17.7 Å². The van der Waals surface area contributed by atoms with Gasteiger partial charge in [-0.15, -0.1) is 0 Å². The number of hydrogen-bond donors (Lipinski definition) is 3. The molecule has 2 heterocycles. The van der Waals surface area contributed by atoms with E-state index in [2.05, 4.69) is 17.1 Å². The number of fused-ring (bicyclic) bond motifs is 3. The fraction of sp³-hybridized carbons (Fsp3) is 0.455. The number of nitrogens with zero attached hydrogens (tertiary/aromatic N) is 2. The summed E-state index contributed by atoms with van der Waals surface area (Å²) >= 11 is 0. The molecule has 3 rings (SSSR count). The predicted octanol–water partition coefficient (Wildman–Crippen LogP) is 1.73. The number of nitrogens with one attached hydrogen (secondary N) is 1. The highest BCUT2D eigenvalue weighted by molar-refractivity contribution is 5.78. The lowest BCUT2D eigenvalue weighted by Crippen LogP contribution is -2.45. The average molecular weight is 415 g/mol. The third kappa shape index (κ3) is 3.93. The largest absolute Gasteiger partial charge is 0.406 e. The van der Waals surface area contributed by atoms with E-state index in [4.69, 9.17) is 10.5 Å². The fourth-order valence-corrected chi connectivity index (χ4v) is 3.88. The fourth-order valence-electron chi connectivity index (χ4n) is 3.88. The molecule has 1 unspecified atom stereocenters. The van der Waals surface area contributed by atoms with Crippen molar-refractivity contribution in [2.75, 3.05) is 18.0 Å². The van der Waals surface area contributed by atoms with Crippen molar-refractivity contribution in [1.82, 2.24) is 10.2 Å². The van der Waals surface area contributed by atoms with Crippen LogP contribution in [0.5, 0.6) is 0 Å². The van der Waals surface area contributed by atoms with Crippen LogP contribution in [-0.2, 0) is 14.3 Å². The molecule has 4 N–H and O–H groups in total. The van der Waals surface area contributed by atoms with Gasteiger partial charge < -0.3 is 25.8 Å². The van der Waals surface area contributed by atoms with Crippen molar-refractivity contribution in [1.29, 1.82) is 0 Å². The highest BCUT2D eigenvalue weighted by atomic mass is 16.6. The topological polar surface area (TPSA) is 108 Å². The molecular weight excluding hydrogens is 384 g/mol. The number of amides is 1. The molecule has 8 heteroatoms. The Morgan fingerprint density at radius 3 is 2.70 bits per heavy atom. The zero-order chi connectivity index (χ0) is 21.8. The molecule has 0 aliphatic carbocycles. The van der Waals surface area contributed by atoms with Crippen LogP contribution < -0.4 is 16.0 Å². The van der Waals surface area contributed by atoms with Crippen molar-refractivity contribution in [3.63, 3.8) is 0 Å². The van der Waals surface area contributed by atoms with E-state index in [-0.39, 0.29) is 5.92 Å². The highest BCUT2D eigenvalue weighted by Crippen LogP contribution is 2.49. The van der Waals surface area contributed by atoms with Crippen molar-refractivity contribution < 1.29 is 19.4 Å². The van der Waals surface area contributed by atoms with Gasteiger partial charge in [-0.05, 0) is 38.0 Å². The molecule has 0 saturated carbocycles. The SMILES string of the molecule is CCCCN1C2=C(OC(=O)[C@H](N)[C@@H](C)O)N(CC)C(NC=O)=CC2c2ccccc21. The van der Waals surface area contributed by atoms with Gasteiger partial charge in [-0.3, -0.25) is 9.69 Å². The van der Waals surface area contributed by atoms with Crippen LogP contribution in [0.3, 0.4) is 0 Å². The van der Waals surface area contributed by atoms with E-state index < -0.39 is 18.1 Å². The van der Waals surface area contributed by atoms with Gasteiger partial charge in [0.25, 0.3) is 0 Å². The lowest BCUT2D eigenvalue weighted by atomic mass is 9.96. The van der Waals surface area contributed by atoms with Crippen LogP contribution in [0.4, 0.5) is 5.69 Å². The summed E-state index contributed by atoms with van der Waals surface area (Å²) in [7, 11) is 0. The number of anilines is 1. The minimum atomic E-state index is -1.17. The molecule has 0 bridgehead atoms. The Bertz CT molecular complexity index is 864. The predicted molar refractivity (Wildman–Crippen MR) is 114 cm³/mol. The molecule has 0 fully saturated rings. The third-order valence-electron chi connectivity index (χ3n) is 5.48. The van der Waals surface area contributed by atoms with E-state index in [0.717, 1.165) is 36.3 Å². The zero-order valence-corrected chi connectivity index (χ0v) is 17.7. The molecule has 0 radical (unpaired) electrons. The van der Waals surface area contributed by atoms with Crippen LogP contribution in [-0.4, -0.2) is 47.6 Å². The summed E-state index contributed by atoms with van der Waals surface area (Å²) in [5.41, 5.74) is 8.81. The Morgan fingerprint density at radius 2 is 2.07 bits per heavy atom. The molecule has 2 aliphatic rings. The van der Waals surface area contributed by atoms with Crippen LogP contribution >= 0.6 is 0 Å². The summed E-state index contributed by atoms with van der Waals surface area (Å²) in [6, 6.07) is 6.88. The summed E-state index contributed by atoms with van der Waals surface area (Å²) in [6.45, 7) is 6.71. The number of carbonyl (C=O) groups excluding carboxylic acids is 2. The van der Waals surface area contributed by atoms with E-state index in [9.17, 15) is 14.7 Å². The van der Waals surface area contributed by atoms with Crippen LogP contribution in [0.1, 0.15) is 45.1 Å². The summed E-state index contributed by atoms with van der Waals surface area (Å²) < 4.78 is 5.79. The lowest BCUT2D eigenvalue weighted by Gasteiger charge is -2.36. The lowest BCUT2D eigenvalue weighted by molar-refractivity contribution is -0.145. The van der Waals surface area contributed by atoms with Gasteiger partial charge in [0.1, 0.15) is 11.9 Å².